The van der Waals surface area contributed by atoms with E-state index in [2.05, 4.69) is 41.2 Å². The lowest BCUT2D eigenvalue weighted by Crippen LogP contribution is -2.02. The first-order valence-corrected chi connectivity index (χ1v) is 11.0. The van der Waals surface area contributed by atoms with Crippen molar-refractivity contribution in [2.45, 2.75) is 74.7 Å². The van der Waals surface area contributed by atoms with E-state index in [-0.39, 0.29) is 5.78 Å². The van der Waals surface area contributed by atoms with Gasteiger partial charge < -0.3 is 4.74 Å². The molecule has 2 nitrogen and oxygen atoms in total. The normalized spacial score (nSPS) is 8.83. The Balaban J connectivity index is 0. The Morgan fingerprint density at radius 1 is 0.793 bits per heavy atom. The summed E-state index contributed by atoms with van der Waals surface area (Å²) in [5.41, 5.74) is 3.12. The molecule has 2 heteroatoms. The summed E-state index contributed by atoms with van der Waals surface area (Å²) >= 11 is 0. The number of carbonyl (C=O) groups is 1. The van der Waals surface area contributed by atoms with E-state index >= 15 is 0 Å². The number of rotatable bonds is 6. The topological polar surface area (TPSA) is 26.3 Å². The maximum atomic E-state index is 12.4. The van der Waals surface area contributed by atoms with Crippen molar-refractivity contribution in [1.82, 2.24) is 0 Å². The minimum Gasteiger partial charge on any atom is -0.494 e. The van der Waals surface area contributed by atoms with Crippen LogP contribution in [-0.2, 0) is 0 Å². The van der Waals surface area contributed by atoms with Gasteiger partial charge in [-0.3, -0.25) is 4.79 Å². The van der Waals surface area contributed by atoms with Gasteiger partial charge in [-0.15, -0.1) is 0 Å². The highest BCUT2D eigenvalue weighted by Crippen LogP contribution is 2.21. The summed E-state index contributed by atoms with van der Waals surface area (Å²) in [6.45, 7) is 21.2. The van der Waals surface area contributed by atoms with Gasteiger partial charge in [0.15, 0.2) is 5.78 Å². The summed E-state index contributed by atoms with van der Waals surface area (Å²) in [4.78, 5) is 12.4. The fourth-order valence-corrected chi connectivity index (χ4v) is 1.98. The van der Waals surface area contributed by atoms with E-state index in [9.17, 15) is 4.79 Å². The average molecular weight is 399 g/mol. The zero-order valence-electron chi connectivity index (χ0n) is 20.0. The lowest BCUT2D eigenvalue weighted by Gasteiger charge is -2.08. The van der Waals surface area contributed by atoms with Crippen LogP contribution in [0.3, 0.4) is 0 Å². The van der Waals surface area contributed by atoms with Gasteiger partial charge in [0.25, 0.3) is 0 Å². The van der Waals surface area contributed by atoms with Gasteiger partial charge in [0.05, 0.1) is 6.61 Å². The molecule has 0 aliphatic rings. The van der Waals surface area contributed by atoms with Gasteiger partial charge >= 0.3 is 0 Å². The molecule has 0 aliphatic heterocycles. The van der Waals surface area contributed by atoms with Crippen LogP contribution in [0, 0.1) is 6.92 Å². The lowest BCUT2D eigenvalue weighted by molar-refractivity contribution is 0.105. The molecule has 0 bridgehead atoms. The molecule has 0 unspecified atom stereocenters. The van der Waals surface area contributed by atoms with Crippen molar-refractivity contribution in [3.8, 4) is 5.75 Å². The molecule has 2 rings (SSSR count). The fraction of sp³-hybridized carbons (Fsp3) is 0.444. The van der Waals surface area contributed by atoms with Crippen LogP contribution < -0.4 is 4.74 Å². The smallest absolute Gasteiger partial charge is 0.193 e. The zero-order valence-corrected chi connectivity index (χ0v) is 20.0. The Labute approximate surface area is 180 Å². The molecule has 0 spiro atoms. The second-order valence-electron chi connectivity index (χ2n) is 6.46. The van der Waals surface area contributed by atoms with E-state index in [0.717, 1.165) is 23.3 Å². The number of Topliss-reactive ketones (excluding diaryl/α,β-unsaturated/α-hetero) is 1. The van der Waals surface area contributed by atoms with E-state index in [0.29, 0.717) is 17.7 Å². The molecule has 0 aliphatic carbocycles. The Morgan fingerprint density at radius 3 is 1.62 bits per heavy atom. The van der Waals surface area contributed by atoms with Gasteiger partial charge in [0, 0.05) is 11.1 Å². The molecule has 29 heavy (non-hydrogen) atoms. The quantitative estimate of drug-likeness (QED) is 0.360. The maximum absolute atomic E-state index is 12.4. The van der Waals surface area contributed by atoms with Crippen LogP contribution in [0.1, 0.15) is 89.2 Å². The first kappa shape index (κ1) is 28.9. The number of hydrogen-bond acceptors (Lipinski definition) is 2. The van der Waals surface area contributed by atoms with Crippen LogP contribution >= 0.6 is 0 Å². The molecule has 162 valence electrons. The summed E-state index contributed by atoms with van der Waals surface area (Å²) in [5, 5.41) is 0. The monoisotopic (exact) mass is 398 g/mol. The molecule has 0 N–H and O–H groups in total. The van der Waals surface area contributed by atoms with Crippen molar-refractivity contribution >= 4 is 11.4 Å². The van der Waals surface area contributed by atoms with Crippen LogP contribution in [0.2, 0.25) is 0 Å². The predicted octanol–water partition coefficient (Wildman–Crippen LogP) is 8.54. The van der Waals surface area contributed by atoms with E-state index in [1.54, 1.807) is 0 Å². The van der Waals surface area contributed by atoms with E-state index in [4.69, 9.17) is 4.74 Å². The van der Waals surface area contributed by atoms with Crippen LogP contribution in [0.5, 0.6) is 5.75 Å². The van der Waals surface area contributed by atoms with Gasteiger partial charge in [-0.05, 0) is 31.0 Å². The summed E-state index contributed by atoms with van der Waals surface area (Å²) in [5.74, 6) is 0.772. The number of benzene rings is 2. The SMILES string of the molecule is C=C(C(=O)c1ccc(C)cc1)c1ccc(OCCC)cc1.CC.CCC.CCC. The summed E-state index contributed by atoms with van der Waals surface area (Å²) < 4.78 is 5.53. The predicted molar refractivity (Wildman–Crippen MR) is 130 cm³/mol. The second kappa shape index (κ2) is 19.0. The van der Waals surface area contributed by atoms with E-state index < -0.39 is 0 Å². The van der Waals surface area contributed by atoms with Crippen molar-refractivity contribution in [2.24, 2.45) is 0 Å². The molecular formula is C27H42O2. The molecule has 0 aromatic heterocycles. The van der Waals surface area contributed by atoms with Crippen LogP contribution in [0.25, 0.3) is 5.57 Å². The number of hydrogen-bond donors (Lipinski definition) is 0. The first-order valence-electron chi connectivity index (χ1n) is 11.0. The molecule has 0 saturated heterocycles. The van der Waals surface area contributed by atoms with Gasteiger partial charge in [0.1, 0.15) is 5.75 Å². The summed E-state index contributed by atoms with van der Waals surface area (Å²) in [6.07, 6.45) is 3.47. The minimum absolute atomic E-state index is 0.0442. The fourth-order valence-electron chi connectivity index (χ4n) is 1.98. The summed E-state index contributed by atoms with van der Waals surface area (Å²) in [6, 6.07) is 15.0. The van der Waals surface area contributed by atoms with Crippen LogP contribution in [0.15, 0.2) is 55.1 Å². The minimum atomic E-state index is -0.0442. The van der Waals surface area contributed by atoms with Crippen molar-refractivity contribution in [2.75, 3.05) is 6.61 Å². The molecular weight excluding hydrogens is 356 g/mol. The van der Waals surface area contributed by atoms with Crippen LogP contribution in [0.4, 0.5) is 0 Å². The van der Waals surface area contributed by atoms with Gasteiger partial charge in [-0.1, -0.05) is 110 Å². The van der Waals surface area contributed by atoms with Crippen molar-refractivity contribution in [1.29, 1.82) is 0 Å². The summed E-state index contributed by atoms with van der Waals surface area (Å²) in [7, 11) is 0. The molecule has 0 amide bonds. The first-order chi connectivity index (χ1) is 13.9. The third kappa shape index (κ3) is 12.7. The lowest BCUT2D eigenvalue weighted by atomic mass is 9.97. The van der Waals surface area contributed by atoms with Gasteiger partial charge in [0.2, 0.25) is 0 Å². The van der Waals surface area contributed by atoms with E-state index in [1.165, 1.54) is 12.8 Å². The number of carbonyl (C=O) groups excluding carboxylic acids is 1. The molecule has 0 saturated carbocycles. The molecule has 0 atom stereocenters. The Hall–Kier alpha value is -2.35. The van der Waals surface area contributed by atoms with Crippen molar-refractivity contribution in [3.63, 3.8) is 0 Å². The third-order valence-electron chi connectivity index (χ3n) is 3.26. The largest absolute Gasteiger partial charge is 0.494 e. The highest BCUT2D eigenvalue weighted by Gasteiger charge is 2.12. The standard InChI is InChI=1S/C19H20O2.2C3H8.C2H6/c1-4-13-21-18-11-9-16(10-12-18)15(3)19(20)17-7-5-14(2)6-8-17;2*1-3-2;1-2/h5-12H,3-4,13H2,1-2H3;2*3H2,1-2H3;1-2H3. The average Bonchev–Trinajstić information content (AvgIpc) is 2.75. The Morgan fingerprint density at radius 2 is 1.21 bits per heavy atom. The molecule has 2 aromatic rings. The molecule has 0 fully saturated rings. The highest BCUT2D eigenvalue weighted by atomic mass is 16.5. The molecule has 0 heterocycles. The third-order valence-corrected chi connectivity index (χ3v) is 3.26. The molecule has 0 radical (unpaired) electrons. The van der Waals surface area contributed by atoms with Gasteiger partial charge in [-0.25, -0.2) is 0 Å². The molecule has 2 aromatic carbocycles. The highest BCUT2D eigenvalue weighted by molar-refractivity contribution is 6.28. The van der Waals surface area contributed by atoms with Crippen LogP contribution in [-0.4, -0.2) is 12.4 Å². The number of aryl methyl sites for hydroxylation is 1. The maximum Gasteiger partial charge on any atom is 0.193 e. The second-order valence-corrected chi connectivity index (χ2v) is 6.46. The van der Waals surface area contributed by atoms with Crippen molar-refractivity contribution < 1.29 is 9.53 Å². The number of allylic oxidation sites excluding steroid dienone is 1. The Bertz CT molecular complexity index is 650. The number of ether oxygens (including phenoxy) is 1. The van der Waals surface area contributed by atoms with Gasteiger partial charge in [-0.2, -0.15) is 0 Å². The number of ketones is 1. The Kier molecular flexibility index (Phi) is 18.9. The zero-order chi connectivity index (χ0) is 22.7. The van der Waals surface area contributed by atoms with Crippen molar-refractivity contribution in [3.05, 3.63) is 71.8 Å². The van der Waals surface area contributed by atoms with E-state index in [1.807, 2.05) is 69.3 Å².